The van der Waals surface area contributed by atoms with Crippen LogP contribution in [0.5, 0.6) is 0 Å². The van der Waals surface area contributed by atoms with Crippen LogP contribution >= 0.6 is 0 Å². The minimum Gasteiger partial charge on any atom is -0.390 e. The van der Waals surface area contributed by atoms with Crippen molar-refractivity contribution in [2.75, 3.05) is 13.1 Å². The van der Waals surface area contributed by atoms with E-state index >= 15 is 0 Å². The monoisotopic (exact) mass is 258 g/mol. The average molecular weight is 258 g/mol. The molecule has 1 saturated heterocycles. The summed E-state index contributed by atoms with van der Waals surface area (Å²) in [5.41, 5.74) is 2.53. The van der Waals surface area contributed by atoms with Gasteiger partial charge in [-0.05, 0) is 31.0 Å². The first-order valence-electron chi connectivity index (χ1n) is 6.50. The van der Waals surface area contributed by atoms with Gasteiger partial charge in [0, 0.05) is 38.2 Å². The molecular formula is C14H18N4O. The number of aliphatic hydroxyl groups excluding tert-OH is 1. The lowest BCUT2D eigenvalue weighted by molar-refractivity contribution is -0.00295. The molecule has 0 bridgehead atoms. The van der Waals surface area contributed by atoms with E-state index in [0.717, 1.165) is 31.3 Å². The molecule has 1 fully saturated rings. The van der Waals surface area contributed by atoms with Crippen molar-refractivity contribution in [2.24, 2.45) is 0 Å². The van der Waals surface area contributed by atoms with E-state index < -0.39 is 0 Å². The van der Waals surface area contributed by atoms with E-state index in [1.165, 1.54) is 11.1 Å². The van der Waals surface area contributed by atoms with Crippen molar-refractivity contribution >= 4 is 0 Å². The van der Waals surface area contributed by atoms with Gasteiger partial charge in [-0.25, -0.2) is 9.97 Å². The molecule has 1 aliphatic heterocycles. The van der Waals surface area contributed by atoms with E-state index in [0.29, 0.717) is 0 Å². The zero-order chi connectivity index (χ0) is 13.4. The predicted octanol–water partition coefficient (Wildman–Crippen LogP) is 1.06. The summed E-state index contributed by atoms with van der Waals surface area (Å²) in [5.74, 6) is 1.67. The fourth-order valence-electron chi connectivity index (χ4n) is 2.40. The molecule has 2 aromatic rings. The van der Waals surface area contributed by atoms with E-state index in [1.807, 2.05) is 17.6 Å². The van der Waals surface area contributed by atoms with Crippen molar-refractivity contribution in [3.05, 3.63) is 41.6 Å². The number of rotatable bonds is 3. The highest BCUT2D eigenvalue weighted by Gasteiger charge is 2.24. The van der Waals surface area contributed by atoms with Gasteiger partial charge in [-0.1, -0.05) is 0 Å². The molecule has 19 heavy (non-hydrogen) atoms. The van der Waals surface area contributed by atoms with Crippen molar-refractivity contribution in [1.29, 1.82) is 0 Å². The Bertz CT molecular complexity index is 587. The van der Waals surface area contributed by atoms with Crippen LogP contribution in [0.1, 0.15) is 17.0 Å². The zero-order valence-corrected chi connectivity index (χ0v) is 11.2. The van der Waals surface area contributed by atoms with Crippen molar-refractivity contribution in [3.8, 4) is 5.82 Å². The third kappa shape index (κ3) is 2.52. The van der Waals surface area contributed by atoms with Gasteiger partial charge in [0.15, 0.2) is 0 Å². The van der Waals surface area contributed by atoms with E-state index in [9.17, 15) is 5.11 Å². The summed E-state index contributed by atoms with van der Waals surface area (Å²) in [6, 6.07) is 1.91. The number of nitrogens with zero attached hydrogens (tertiary/aromatic N) is 4. The fourth-order valence-corrected chi connectivity index (χ4v) is 2.40. The van der Waals surface area contributed by atoms with Gasteiger partial charge in [0.1, 0.15) is 11.6 Å². The Morgan fingerprint density at radius 1 is 1.32 bits per heavy atom. The molecule has 3 rings (SSSR count). The molecule has 2 aromatic heterocycles. The highest BCUT2D eigenvalue weighted by Crippen LogP contribution is 2.18. The van der Waals surface area contributed by atoms with Crippen LogP contribution in [0.3, 0.4) is 0 Å². The number of aromatic nitrogens is 3. The molecule has 0 aromatic carbocycles. The van der Waals surface area contributed by atoms with Crippen molar-refractivity contribution in [3.63, 3.8) is 0 Å². The van der Waals surface area contributed by atoms with Crippen LogP contribution in [0.4, 0.5) is 0 Å². The Morgan fingerprint density at radius 3 is 2.79 bits per heavy atom. The predicted molar refractivity (Wildman–Crippen MR) is 72.1 cm³/mol. The minimum atomic E-state index is -0.146. The van der Waals surface area contributed by atoms with E-state index in [2.05, 4.69) is 34.2 Å². The minimum absolute atomic E-state index is 0.146. The second-order valence-corrected chi connectivity index (χ2v) is 5.18. The number of aryl methyl sites for hydroxylation is 2. The first kappa shape index (κ1) is 12.3. The standard InChI is InChI=1S/C14H18N4O/c1-10-5-18(14-3-4-15-11(2)16-14)7-12(10)6-17-8-13(19)9-17/h3-5,7,13,19H,6,8-9H2,1-2H3. The molecule has 0 spiro atoms. The summed E-state index contributed by atoms with van der Waals surface area (Å²) < 4.78 is 2.04. The molecule has 1 aliphatic rings. The quantitative estimate of drug-likeness (QED) is 0.894. The van der Waals surface area contributed by atoms with Gasteiger partial charge in [-0.2, -0.15) is 0 Å². The molecule has 0 atom stereocenters. The molecule has 0 unspecified atom stereocenters. The summed E-state index contributed by atoms with van der Waals surface area (Å²) in [7, 11) is 0. The maximum Gasteiger partial charge on any atom is 0.140 e. The third-order valence-electron chi connectivity index (χ3n) is 3.49. The molecular weight excluding hydrogens is 240 g/mol. The van der Waals surface area contributed by atoms with Gasteiger partial charge >= 0.3 is 0 Å². The zero-order valence-electron chi connectivity index (χ0n) is 11.2. The summed E-state index contributed by atoms with van der Waals surface area (Å²) >= 11 is 0. The maximum absolute atomic E-state index is 9.32. The number of β-amino-alcohol motifs (C(OH)–C–C–N with tert-alkyl or cyclic N) is 1. The topological polar surface area (TPSA) is 54.2 Å². The van der Waals surface area contributed by atoms with Gasteiger partial charge in [0.05, 0.1) is 6.10 Å². The van der Waals surface area contributed by atoms with Crippen LogP contribution in [0.25, 0.3) is 5.82 Å². The molecule has 5 nitrogen and oxygen atoms in total. The average Bonchev–Trinajstić information content (AvgIpc) is 2.69. The van der Waals surface area contributed by atoms with Gasteiger partial charge in [-0.15, -0.1) is 0 Å². The smallest absolute Gasteiger partial charge is 0.140 e. The number of likely N-dealkylation sites (tertiary alicyclic amines) is 1. The van der Waals surface area contributed by atoms with Gasteiger partial charge < -0.3 is 9.67 Å². The maximum atomic E-state index is 9.32. The van der Waals surface area contributed by atoms with Crippen LogP contribution in [-0.2, 0) is 6.54 Å². The van der Waals surface area contributed by atoms with Crippen molar-refractivity contribution < 1.29 is 5.11 Å². The Hall–Kier alpha value is -1.72. The van der Waals surface area contributed by atoms with Gasteiger partial charge in [-0.3, -0.25) is 4.90 Å². The third-order valence-corrected chi connectivity index (χ3v) is 3.49. The Balaban J connectivity index is 1.81. The fraction of sp³-hybridized carbons (Fsp3) is 0.429. The van der Waals surface area contributed by atoms with Crippen LogP contribution in [0.2, 0.25) is 0 Å². The van der Waals surface area contributed by atoms with Crippen molar-refractivity contribution in [2.45, 2.75) is 26.5 Å². The normalized spacial score (nSPS) is 16.6. The summed E-state index contributed by atoms with van der Waals surface area (Å²) in [5, 5.41) is 9.32. The lowest BCUT2D eigenvalue weighted by Gasteiger charge is -2.35. The summed E-state index contributed by atoms with van der Waals surface area (Å²) in [6.07, 6.45) is 5.83. The molecule has 0 radical (unpaired) electrons. The lowest BCUT2D eigenvalue weighted by Crippen LogP contribution is -2.49. The first-order valence-corrected chi connectivity index (χ1v) is 6.50. The van der Waals surface area contributed by atoms with Crippen LogP contribution < -0.4 is 0 Å². The molecule has 0 amide bonds. The van der Waals surface area contributed by atoms with E-state index in [-0.39, 0.29) is 6.10 Å². The summed E-state index contributed by atoms with van der Waals surface area (Å²) in [4.78, 5) is 10.8. The first-order chi connectivity index (χ1) is 9.11. The van der Waals surface area contributed by atoms with Crippen LogP contribution in [-0.4, -0.2) is 43.7 Å². The van der Waals surface area contributed by atoms with Gasteiger partial charge in [0.25, 0.3) is 0 Å². The van der Waals surface area contributed by atoms with Crippen LogP contribution in [0.15, 0.2) is 24.7 Å². The molecule has 5 heteroatoms. The second kappa shape index (κ2) is 4.75. The van der Waals surface area contributed by atoms with Gasteiger partial charge in [0.2, 0.25) is 0 Å². The van der Waals surface area contributed by atoms with E-state index in [1.54, 1.807) is 6.20 Å². The number of hydrogen-bond acceptors (Lipinski definition) is 4. The Labute approximate surface area is 112 Å². The SMILES string of the molecule is Cc1nccc(-n2cc(C)c(CN3CC(O)C3)c2)n1. The van der Waals surface area contributed by atoms with E-state index in [4.69, 9.17) is 0 Å². The lowest BCUT2D eigenvalue weighted by atomic mass is 10.1. The molecule has 0 saturated carbocycles. The molecule has 1 N–H and O–H groups in total. The molecule has 100 valence electrons. The Morgan fingerprint density at radius 2 is 2.11 bits per heavy atom. The van der Waals surface area contributed by atoms with Crippen LogP contribution in [0, 0.1) is 13.8 Å². The Kier molecular flexibility index (Phi) is 3.08. The molecule has 3 heterocycles. The van der Waals surface area contributed by atoms with Crippen molar-refractivity contribution in [1.82, 2.24) is 19.4 Å². The highest BCUT2D eigenvalue weighted by molar-refractivity contribution is 5.31. The second-order valence-electron chi connectivity index (χ2n) is 5.18. The summed E-state index contributed by atoms with van der Waals surface area (Å²) in [6.45, 7) is 6.44. The number of hydrogen-bond donors (Lipinski definition) is 1. The number of aliphatic hydroxyl groups is 1. The highest BCUT2D eigenvalue weighted by atomic mass is 16.3. The molecule has 0 aliphatic carbocycles. The largest absolute Gasteiger partial charge is 0.390 e.